The van der Waals surface area contributed by atoms with Crippen LogP contribution in [0.4, 0.5) is 5.69 Å². The number of carbonyl (C=O) groups is 1. The van der Waals surface area contributed by atoms with Crippen LogP contribution in [-0.2, 0) is 20.4 Å². The number of nitriles is 1. The fraction of sp³-hybridized carbons (Fsp3) is 0.457. The standard InChI is InChI=1S/C35H46N5O3PS2.HI/c1-7-38-29-14-9-11-16-31(29)45-34(38)24-28(25-35-39(8-2)30-15-10-12-17-32(30)46-35)18-19-33(41)37-21-23-43-44(42-22-13-20-36)40(26(3)4)27(5)6;/h9-12,14-17,24-27H,7-8,13,18-19,21-23H2,1-6H3;1H. The van der Waals surface area contributed by atoms with Crippen LogP contribution in [0, 0.1) is 11.3 Å². The molecule has 1 amide bonds. The number of anilines is 1. The molecule has 0 aliphatic carbocycles. The minimum Gasteiger partial charge on any atom is -1.00 e. The summed E-state index contributed by atoms with van der Waals surface area (Å²) in [5.41, 5.74) is 3.58. The number of nitrogens with one attached hydrogen (secondary N) is 1. The number of nitrogens with zero attached hydrogens (tertiary/aromatic N) is 4. The first kappa shape index (κ1) is 39.4. The Balaban J connectivity index is 0.00000600. The summed E-state index contributed by atoms with van der Waals surface area (Å²) in [6, 6.07) is 19.6. The lowest BCUT2D eigenvalue weighted by molar-refractivity contribution is -0.665. The second kappa shape index (κ2) is 19.8. The SMILES string of the molecule is CCN1/C(=C/C(=C/c2sc3ccccc3[n+]2CC)CCC(=O)NCCOP(OCCC#N)N(C(C)C)C(C)C)Sc2ccccc21.[I-]. The first-order valence-corrected chi connectivity index (χ1v) is 18.9. The molecule has 2 heterocycles. The summed E-state index contributed by atoms with van der Waals surface area (Å²) >= 11 is 3.57. The molecule has 1 aliphatic rings. The van der Waals surface area contributed by atoms with Crippen LogP contribution in [0.1, 0.15) is 65.8 Å². The molecule has 1 unspecified atom stereocenters. The highest BCUT2D eigenvalue weighted by Crippen LogP contribution is 2.47. The Morgan fingerprint density at radius 1 is 1.06 bits per heavy atom. The predicted octanol–water partition coefficient (Wildman–Crippen LogP) is 5.26. The number of para-hydroxylation sites is 2. The molecule has 254 valence electrons. The number of thioether (sulfide) groups is 1. The zero-order valence-corrected chi connectivity index (χ0v) is 32.9. The van der Waals surface area contributed by atoms with E-state index in [0.717, 1.165) is 18.7 Å². The molecule has 47 heavy (non-hydrogen) atoms. The topological polar surface area (TPSA) is 81.7 Å². The van der Waals surface area contributed by atoms with Crippen LogP contribution in [0.2, 0.25) is 0 Å². The number of hydrogen-bond donors (Lipinski definition) is 1. The maximum Gasteiger partial charge on any atom is 0.263 e. The summed E-state index contributed by atoms with van der Waals surface area (Å²) in [5.74, 6) is -0.0124. The van der Waals surface area contributed by atoms with E-state index in [9.17, 15) is 4.79 Å². The lowest BCUT2D eigenvalue weighted by atomic mass is 10.1. The number of hydrogen-bond acceptors (Lipinski definition) is 8. The Bertz CT molecular complexity index is 1560. The first-order chi connectivity index (χ1) is 22.3. The van der Waals surface area contributed by atoms with Crippen molar-refractivity contribution in [2.75, 3.05) is 31.2 Å². The van der Waals surface area contributed by atoms with Gasteiger partial charge in [-0.3, -0.25) is 4.79 Å². The van der Waals surface area contributed by atoms with Crippen molar-refractivity contribution in [2.24, 2.45) is 0 Å². The molecule has 1 aromatic heterocycles. The van der Waals surface area contributed by atoms with Crippen molar-refractivity contribution in [1.82, 2.24) is 9.99 Å². The Morgan fingerprint density at radius 2 is 1.77 bits per heavy atom. The molecule has 8 nitrogen and oxygen atoms in total. The summed E-state index contributed by atoms with van der Waals surface area (Å²) in [6.07, 6.45) is 5.81. The predicted molar refractivity (Wildman–Crippen MR) is 192 cm³/mol. The van der Waals surface area contributed by atoms with E-state index in [0.29, 0.717) is 39.0 Å². The highest BCUT2D eigenvalue weighted by molar-refractivity contribution is 8.03. The van der Waals surface area contributed by atoms with E-state index >= 15 is 0 Å². The second-order valence-corrected chi connectivity index (χ2v) is 15.0. The van der Waals surface area contributed by atoms with Gasteiger partial charge in [-0.05, 0) is 77.8 Å². The van der Waals surface area contributed by atoms with Crippen LogP contribution in [0.5, 0.6) is 0 Å². The third kappa shape index (κ3) is 10.7. The Morgan fingerprint density at radius 3 is 2.47 bits per heavy atom. The molecule has 1 atom stereocenters. The van der Waals surface area contributed by atoms with Crippen LogP contribution >= 0.6 is 31.6 Å². The number of aromatic nitrogens is 1. The molecule has 2 aromatic carbocycles. The minimum absolute atomic E-state index is 0. The van der Waals surface area contributed by atoms with Gasteiger partial charge in [0, 0.05) is 48.6 Å². The van der Waals surface area contributed by atoms with Gasteiger partial charge >= 0.3 is 0 Å². The Labute approximate surface area is 307 Å². The number of amides is 1. The molecule has 1 N–H and O–H groups in total. The first-order valence-electron chi connectivity index (χ1n) is 16.1. The van der Waals surface area contributed by atoms with Gasteiger partial charge in [-0.25, -0.2) is 4.67 Å². The van der Waals surface area contributed by atoms with Crippen molar-refractivity contribution in [3.05, 3.63) is 70.2 Å². The van der Waals surface area contributed by atoms with Gasteiger partial charge in [0.25, 0.3) is 13.5 Å². The fourth-order valence-corrected chi connectivity index (χ4v) is 9.45. The van der Waals surface area contributed by atoms with Crippen molar-refractivity contribution in [2.45, 2.75) is 84.3 Å². The molecule has 4 rings (SSSR count). The quantitative estimate of drug-likeness (QED) is 0.0864. The number of fused-ring (bicyclic) bond motifs is 2. The lowest BCUT2D eigenvalue weighted by Gasteiger charge is -2.35. The van der Waals surface area contributed by atoms with Gasteiger partial charge in [0.1, 0.15) is 11.2 Å². The summed E-state index contributed by atoms with van der Waals surface area (Å²) in [5, 5.41) is 14.4. The molecular formula is C35H47IN5O3PS2. The molecule has 0 bridgehead atoms. The fourth-order valence-electron chi connectivity index (χ4n) is 5.45. The summed E-state index contributed by atoms with van der Waals surface area (Å²) < 4.78 is 17.9. The van der Waals surface area contributed by atoms with Gasteiger partial charge in [0.05, 0.1) is 36.4 Å². The maximum absolute atomic E-state index is 13.1. The maximum atomic E-state index is 13.1. The van der Waals surface area contributed by atoms with Crippen LogP contribution in [0.25, 0.3) is 16.3 Å². The largest absolute Gasteiger partial charge is 1.00 e. The molecule has 0 radical (unpaired) electrons. The highest BCUT2D eigenvalue weighted by Gasteiger charge is 2.27. The zero-order valence-electron chi connectivity index (χ0n) is 28.2. The van der Waals surface area contributed by atoms with Gasteiger partial charge in [0.15, 0.2) is 0 Å². The normalized spacial score (nSPS) is 14.6. The number of thiazole rings is 1. The van der Waals surface area contributed by atoms with E-state index in [1.165, 1.54) is 30.8 Å². The number of halogens is 1. The van der Waals surface area contributed by atoms with Crippen LogP contribution in [0.15, 0.2) is 70.1 Å². The minimum atomic E-state index is -1.33. The van der Waals surface area contributed by atoms with Crippen molar-refractivity contribution in [3.63, 3.8) is 0 Å². The van der Waals surface area contributed by atoms with Crippen molar-refractivity contribution >= 4 is 59.5 Å². The van der Waals surface area contributed by atoms with Crippen LogP contribution < -0.4 is 38.8 Å². The van der Waals surface area contributed by atoms with Crippen LogP contribution in [-0.4, -0.2) is 49.0 Å². The molecule has 3 aromatic rings. The summed E-state index contributed by atoms with van der Waals surface area (Å²) in [6.45, 7) is 15.6. The van der Waals surface area contributed by atoms with E-state index in [1.807, 2.05) is 0 Å². The van der Waals surface area contributed by atoms with Gasteiger partial charge in [-0.1, -0.05) is 47.4 Å². The van der Waals surface area contributed by atoms with Gasteiger partial charge < -0.3 is 43.2 Å². The molecule has 12 heteroatoms. The number of carbonyl (C=O) groups excluding carboxylic acids is 1. The number of benzene rings is 2. The van der Waals surface area contributed by atoms with Crippen molar-refractivity contribution in [3.8, 4) is 6.07 Å². The lowest BCUT2D eigenvalue weighted by Crippen LogP contribution is -3.00. The monoisotopic (exact) mass is 807 g/mol. The van der Waals surface area contributed by atoms with Gasteiger partial charge in [0.2, 0.25) is 11.4 Å². The van der Waals surface area contributed by atoms with E-state index in [1.54, 1.807) is 23.1 Å². The van der Waals surface area contributed by atoms with E-state index < -0.39 is 8.53 Å². The average molecular weight is 808 g/mol. The summed E-state index contributed by atoms with van der Waals surface area (Å²) in [7, 11) is -1.33. The number of aryl methyl sites for hydroxylation is 1. The Hall–Kier alpha value is -2.04. The zero-order chi connectivity index (χ0) is 33.1. The summed E-state index contributed by atoms with van der Waals surface area (Å²) in [4.78, 5) is 16.7. The molecular weight excluding hydrogens is 760 g/mol. The van der Waals surface area contributed by atoms with Gasteiger partial charge in [-0.2, -0.15) is 9.83 Å². The average Bonchev–Trinajstić information content (AvgIpc) is 3.57. The smallest absolute Gasteiger partial charge is 0.263 e. The van der Waals surface area contributed by atoms with Crippen molar-refractivity contribution < 1.29 is 42.4 Å². The van der Waals surface area contributed by atoms with E-state index in [-0.39, 0.29) is 42.0 Å². The van der Waals surface area contributed by atoms with Gasteiger partial charge in [-0.15, -0.1) is 0 Å². The Kier molecular flexibility index (Phi) is 16.6. The van der Waals surface area contributed by atoms with Crippen molar-refractivity contribution in [1.29, 1.82) is 5.26 Å². The number of rotatable bonds is 17. The molecule has 0 spiro atoms. The number of allylic oxidation sites excluding steroid dienone is 2. The highest BCUT2D eigenvalue weighted by atomic mass is 127. The third-order valence-corrected chi connectivity index (χ3v) is 11.8. The third-order valence-electron chi connectivity index (χ3n) is 7.45. The van der Waals surface area contributed by atoms with E-state index in [2.05, 4.69) is 128 Å². The van der Waals surface area contributed by atoms with E-state index in [4.69, 9.17) is 14.3 Å². The second-order valence-electron chi connectivity index (χ2n) is 11.4. The molecule has 1 aliphatic heterocycles. The molecule has 0 saturated heterocycles. The molecule has 0 saturated carbocycles. The molecule has 0 fully saturated rings. The van der Waals surface area contributed by atoms with Crippen LogP contribution in [0.3, 0.4) is 0 Å².